The average molecular weight is 455 g/mol. The van der Waals surface area contributed by atoms with Crippen LogP contribution in [0.5, 0.6) is 5.75 Å². The van der Waals surface area contributed by atoms with Crippen molar-refractivity contribution in [3.63, 3.8) is 0 Å². The second-order valence-electron chi connectivity index (χ2n) is 9.73. The number of fused-ring (bicyclic) bond motifs is 2. The van der Waals surface area contributed by atoms with Gasteiger partial charge in [-0.3, -0.25) is 0 Å². The van der Waals surface area contributed by atoms with Gasteiger partial charge in [-0.25, -0.2) is 8.78 Å². The predicted molar refractivity (Wildman–Crippen MR) is 116 cm³/mol. The number of unbranched alkanes of at least 4 members (excludes halogenated alkanes) is 2. The lowest BCUT2D eigenvalue weighted by Gasteiger charge is -2.42. The average Bonchev–Trinajstić information content (AvgIpc) is 2.75. The van der Waals surface area contributed by atoms with Gasteiger partial charge in [0.25, 0.3) is 0 Å². The molecule has 1 nitrogen and oxygen atoms in total. The molecule has 2 fully saturated rings. The van der Waals surface area contributed by atoms with Gasteiger partial charge in [0.2, 0.25) is 5.75 Å². The zero-order chi connectivity index (χ0) is 22.9. The summed E-state index contributed by atoms with van der Waals surface area (Å²) in [7, 11) is 0. The largest absolute Gasteiger partial charge is 0.573 e. The van der Waals surface area contributed by atoms with Gasteiger partial charge in [-0.2, -0.15) is 0 Å². The Hall–Kier alpha value is -1.85. The van der Waals surface area contributed by atoms with Crippen molar-refractivity contribution in [2.24, 2.45) is 17.8 Å². The Balaban J connectivity index is 1.46. The lowest BCUT2D eigenvalue weighted by atomic mass is 9.63. The van der Waals surface area contributed by atoms with E-state index in [9.17, 15) is 22.0 Å². The second kappa shape index (κ2) is 9.56. The quantitative estimate of drug-likeness (QED) is 0.313. The van der Waals surface area contributed by atoms with E-state index in [1.807, 2.05) is 0 Å². The van der Waals surface area contributed by atoms with Gasteiger partial charge in [-0.15, -0.1) is 13.2 Å². The summed E-state index contributed by atoms with van der Waals surface area (Å²) in [5.74, 6) is -1.38. The fraction of sp³-hybridized carbons (Fsp3) is 0.615. The molecule has 32 heavy (non-hydrogen) atoms. The number of hydrogen-bond donors (Lipinski definition) is 0. The van der Waals surface area contributed by atoms with E-state index in [4.69, 9.17) is 0 Å². The molecular formula is C26H31F5O. The number of alkyl halides is 3. The van der Waals surface area contributed by atoms with Crippen LogP contribution in [0.15, 0.2) is 24.3 Å². The van der Waals surface area contributed by atoms with Crippen LogP contribution in [0.1, 0.15) is 82.6 Å². The van der Waals surface area contributed by atoms with Crippen molar-refractivity contribution >= 4 is 10.8 Å². The van der Waals surface area contributed by atoms with Crippen LogP contribution in [-0.2, 0) is 0 Å². The summed E-state index contributed by atoms with van der Waals surface area (Å²) in [5, 5.41) is 0.212. The minimum Gasteiger partial charge on any atom is -0.399 e. The lowest BCUT2D eigenvalue weighted by Crippen LogP contribution is -2.30. The standard InChI is InChI=1S/C26H31F5O/c1-2-3-4-5-16-6-7-18-13-19(9-8-17(18)12-16)20-10-11-22-21(14-20)15-23(27)25(24(22)28)32-26(29,30)31/h10-11,14-19H,2-9,12-13H2,1H3. The van der Waals surface area contributed by atoms with Crippen molar-refractivity contribution in [3.8, 4) is 5.75 Å². The molecule has 2 saturated carbocycles. The zero-order valence-corrected chi connectivity index (χ0v) is 18.5. The zero-order valence-electron chi connectivity index (χ0n) is 18.5. The van der Waals surface area contributed by atoms with Crippen molar-refractivity contribution in [2.45, 2.75) is 83.4 Å². The third-order valence-electron chi connectivity index (χ3n) is 7.64. The first-order valence-corrected chi connectivity index (χ1v) is 11.9. The van der Waals surface area contributed by atoms with Gasteiger partial charge in [0, 0.05) is 5.39 Å². The van der Waals surface area contributed by atoms with Crippen LogP contribution < -0.4 is 4.74 Å². The van der Waals surface area contributed by atoms with Gasteiger partial charge in [0.15, 0.2) is 11.6 Å². The van der Waals surface area contributed by atoms with Crippen molar-refractivity contribution in [3.05, 3.63) is 41.5 Å². The third kappa shape index (κ3) is 5.20. The molecule has 176 valence electrons. The van der Waals surface area contributed by atoms with Gasteiger partial charge in [0.1, 0.15) is 0 Å². The summed E-state index contributed by atoms with van der Waals surface area (Å²) in [4.78, 5) is 0. The Bertz CT molecular complexity index is 938. The van der Waals surface area contributed by atoms with Crippen LogP contribution in [0.3, 0.4) is 0 Å². The minimum absolute atomic E-state index is 0.0596. The van der Waals surface area contributed by atoms with Crippen LogP contribution in [0.4, 0.5) is 22.0 Å². The summed E-state index contributed by atoms with van der Waals surface area (Å²) < 4.78 is 69.8. The van der Waals surface area contributed by atoms with Crippen molar-refractivity contribution in [1.29, 1.82) is 0 Å². The highest BCUT2D eigenvalue weighted by atomic mass is 19.4. The molecule has 6 heteroatoms. The fourth-order valence-electron chi connectivity index (χ4n) is 6.03. The van der Waals surface area contributed by atoms with Gasteiger partial charge >= 0.3 is 6.36 Å². The first-order valence-electron chi connectivity index (χ1n) is 11.9. The second-order valence-corrected chi connectivity index (χ2v) is 9.73. The Morgan fingerprint density at radius 1 is 0.938 bits per heavy atom. The Labute approximate surface area is 186 Å². The molecule has 2 aromatic rings. The molecule has 4 rings (SSSR count). The van der Waals surface area contributed by atoms with E-state index >= 15 is 0 Å². The molecule has 0 saturated heterocycles. The van der Waals surface area contributed by atoms with Crippen molar-refractivity contribution in [2.75, 3.05) is 0 Å². The SMILES string of the molecule is CCCCCC1CCC2CC(c3ccc4c(F)c(OC(F)(F)F)c(F)cc4c3)CCC2C1. The summed E-state index contributed by atoms with van der Waals surface area (Å²) in [6.07, 6.45) is 7.31. The molecule has 4 atom stereocenters. The Morgan fingerprint density at radius 3 is 2.44 bits per heavy atom. The predicted octanol–water partition coefficient (Wildman–Crippen LogP) is 8.90. The lowest BCUT2D eigenvalue weighted by molar-refractivity contribution is -0.276. The van der Waals surface area contributed by atoms with Crippen LogP contribution in [0.2, 0.25) is 0 Å². The van der Waals surface area contributed by atoms with E-state index in [2.05, 4.69) is 11.7 Å². The normalized spacial score (nSPS) is 26.2. The fourth-order valence-corrected chi connectivity index (χ4v) is 6.03. The number of halogens is 5. The molecule has 2 aliphatic carbocycles. The number of rotatable bonds is 6. The van der Waals surface area contributed by atoms with Gasteiger partial charge in [-0.05, 0) is 72.8 Å². The molecule has 0 bridgehead atoms. The van der Waals surface area contributed by atoms with Gasteiger partial charge < -0.3 is 4.74 Å². The van der Waals surface area contributed by atoms with E-state index in [1.165, 1.54) is 57.4 Å². The first kappa shape index (κ1) is 23.3. The maximum atomic E-state index is 14.5. The van der Waals surface area contributed by atoms with Crippen LogP contribution >= 0.6 is 0 Å². The van der Waals surface area contributed by atoms with Gasteiger partial charge in [0.05, 0.1) is 0 Å². The number of hydrogen-bond acceptors (Lipinski definition) is 1. The highest BCUT2D eigenvalue weighted by Gasteiger charge is 2.37. The third-order valence-corrected chi connectivity index (χ3v) is 7.64. The topological polar surface area (TPSA) is 9.23 Å². The molecule has 0 heterocycles. The van der Waals surface area contributed by atoms with E-state index in [-0.39, 0.29) is 10.8 Å². The molecule has 0 aromatic heterocycles. The number of benzene rings is 2. The van der Waals surface area contributed by atoms with Crippen molar-refractivity contribution in [1.82, 2.24) is 0 Å². The monoisotopic (exact) mass is 454 g/mol. The molecule has 0 N–H and O–H groups in total. The molecule has 4 unspecified atom stereocenters. The van der Waals surface area contributed by atoms with E-state index < -0.39 is 23.7 Å². The summed E-state index contributed by atoms with van der Waals surface area (Å²) in [6, 6.07) is 5.91. The van der Waals surface area contributed by atoms with Crippen LogP contribution in [0, 0.1) is 29.4 Å². The Morgan fingerprint density at radius 2 is 1.69 bits per heavy atom. The molecule has 0 amide bonds. The number of ether oxygens (including phenoxy) is 1. The molecule has 0 radical (unpaired) electrons. The van der Waals surface area contributed by atoms with Crippen LogP contribution in [0.25, 0.3) is 10.8 Å². The first-order chi connectivity index (χ1) is 15.2. The highest BCUT2D eigenvalue weighted by molar-refractivity contribution is 5.85. The van der Waals surface area contributed by atoms with E-state index in [0.717, 1.165) is 36.3 Å². The van der Waals surface area contributed by atoms with Gasteiger partial charge in [-0.1, -0.05) is 57.2 Å². The molecule has 0 spiro atoms. The smallest absolute Gasteiger partial charge is 0.399 e. The molecule has 2 aromatic carbocycles. The summed E-state index contributed by atoms with van der Waals surface area (Å²) >= 11 is 0. The minimum atomic E-state index is -5.15. The highest BCUT2D eigenvalue weighted by Crippen LogP contribution is 2.49. The maximum Gasteiger partial charge on any atom is 0.573 e. The molecule has 0 aliphatic heterocycles. The molecular weight excluding hydrogens is 423 g/mol. The summed E-state index contributed by atoms with van der Waals surface area (Å²) in [6.45, 7) is 2.24. The van der Waals surface area contributed by atoms with Crippen molar-refractivity contribution < 1.29 is 26.7 Å². The Kier molecular flexibility index (Phi) is 6.97. The molecule has 2 aliphatic rings. The maximum absolute atomic E-state index is 14.5. The summed E-state index contributed by atoms with van der Waals surface area (Å²) in [5.41, 5.74) is 1.02. The van der Waals surface area contributed by atoms with E-state index in [0.29, 0.717) is 11.8 Å². The van der Waals surface area contributed by atoms with Crippen LogP contribution in [-0.4, -0.2) is 6.36 Å². The van der Waals surface area contributed by atoms with E-state index in [1.54, 1.807) is 12.1 Å².